The molecule has 2 aromatic carbocycles. The zero-order chi connectivity index (χ0) is 20.3. The molecule has 0 aliphatic heterocycles. The Labute approximate surface area is 160 Å². The lowest BCUT2D eigenvalue weighted by atomic mass is 10.1. The zero-order valence-corrected chi connectivity index (χ0v) is 15.4. The van der Waals surface area contributed by atoms with Gasteiger partial charge in [0.15, 0.2) is 0 Å². The van der Waals surface area contributed by atoms with Crippen molar-refractivity contribution in [3.8, 4) is 11.3 Å². The van der Waals surface area contributed by atoms with Crippen molar-refractivity contribution in [2.75, 3.05) is 5.32 Å². The number of nitrogens with zero attached hydrogens (tertiary/aromatic N) is 3. The van der Waals surface area contributed by atoms with Gasteiger partial charge in [-0.05, 0) is 19.4 Å². The van der Waals surface area contributed by atoms with E-state index in [2.05, 4.69) is 10.3 Å². The molecule has 3 rings (SSSR count). The van der Waals surface area contributed by atoms with Crippen molar-refractivity contribution < 1.29 is 9.72 Å². The maximum Gasteiger partial charge on any atom is 0.293 e. The summed E-state index contributed by atoms with van der Waals surface area (Å²) in [5.74, 6) is -0.551. The molecule has 0 aliphatic rings. The minimum atomic E-state index is -0.563. The first kappa shape index (κ1) is 19.0. The lowest BCUT2D eigenvalue weighted by Gasteiger charge is -2.10. The van der Waals surface area contributed by atoms with Crippen molar-refractivity contribution in [1.29, 1.82) is 0 Å². The fraction of sp³-hybridized carbons (Fsp3) is 0.150. The molecule has 0 radical (unpaired) electrons. The first-order valence-corrected chi connectivity index (χ1v) is 8.52. The second kappa shape index (κ2) is 7.83. The van der Waals surface area contributed by atoms with Gasteiger partial charge in [-0.25, -0.2) is 4.98 Å². The van der Waals surface area contributed by atoms with Crippen LogP contribution in [0.15, 0.2) is 59.7 Å². The van der Waals surface area contributed by atoms with E-state index in [-0.39, 0.29) is 23.5 Å². The van der Waals surface area contributed by atoms with E-state index in [4.69, 9.17) is 0 Å². The molecule has 1 amide bonds. The number of rotatable bonds is 5. The van der Waals surface area contributed by atoms with Gasteiger partial charge in [-0.2, -0.15) is 0 Å². The van der Waals surface area contributed by atoms with E-state index < -0.39 is 10.8 Å². The predicted octanol–water partition coefficient (Wildman–Crippen LogP) is 3.07. The van der Waals surface area contributed by atoms with Gasteiger partial charge in [0.25, 0.3) is 11.2 Å². The summed E-state index contributed by atoms with van der Waals surface area (Å²) in [5, 5.41) is 13.7. The Morgan fingerprint density at radius 2 is 1.89 bits per heavy atom. The average Bonchev–Trinajstić information content (AvgIpc) is 2.65. The van der Waals surface area contributed by atoms with Crippen molar-refractivity contribution >= 4 is 17.3 Å². The van der Waals surface area contributed by atoms with Crippen LogP contribution in [0.5, 0.6) is 0 Å². The van der Waals surface area contributed by atoms with Gasteiger partial charge in [0.05, 0.1) is 16.9 Å². The minimum Gasteiger partial charge on any atom is -0.319 e. The summed E-state index contributed by atoms with van der Waals surface area (Å²) >= 11 is 0. The Morgan fingerprint density at radius 3 is 2.54 bits per heavy atom. The van der Waals surface area contributed by atoms with Crippen molar-refractivity contribution in [2.45, 2.75) is 20.4 Å². The van der Waals surface area contributed by atoms with Crippen molar-refractivity contribution in [1.82, 2.24) is 9.55 Å². The summed E-state index contributed by atoms with van der Waals surface area (Å²) in [5.41, 5.74) is 2.50. The molecule has 3 aromatic rings. The van der Waals surface area contributed by atoms with Crippen LogP contribution in [-0.4, -0.2) is 20.4 Å². The Morgan fingerprint density at radius 1 is 1.18 bits per heavy atom. The number of amides is 1. The highest BCUT2D eigenvalue weighted by molar-refractivity contribution is 5.93. The highest BCUT2D eigenvalue weighted by atomic mass is 16.6. The van der Waals surface area contributed by atoms with Gasteiger partial charge in [-0.1, -0.05) is 42.0 Å². The third-order valence-corrected chi connectivity index (χ3v) is 4.25. The molecule has 0 fully saturated rings. The van der Waals surface area contributed by atoms with Crippen LogP contribution in [0.25, 0.3) is 11.3 Å². The van der Waals surface area contributed by atoms with E-state index in [0.29, 0.717) is 11.3 Å². The summed E-state index contributed by atoms with van der Waals surface area (Å²) in [6, 6.07) is 13.4. The molecule has 0 saturated heterocycles. The number of nitro groups is 1. The summed E-state index contributed by atoms with van der Waals surface area (Å²) in [6.07, 6.45) is 1.30. The topological polar surface area (TPSA) is 107 Å². The molecule has 0 unspecified atom stereocenters. The van der Waals surface area contributed by atoms with Crippen molar-refractivity contribution in [3.63, 3.8) is 0 Å². The van der Waals surface area contributed by atoms with Crippen LogP contribution in [0.4, 0.5) is 11.4 Å². The molecular formula is C20H18N4O4. The highest BCUT2D eigenvalue weighted by Crippen LogP contribution is 2.27. The normalized spacial score (nSPS) is 10.5. The molecule has 1 N–H and O–H groups in total. The number of hydrogen-bond donors (Lipinski definition) is 1. The van der Waals surface area contributed by atoms with E-state index in [1.165, 1.54) is 18.5 Å². The number of carbonyl (C=O) groups is 1. The first-order chi connectivity index (χ1) is 13.3. The number of benzene rings is 2. The van der Waals surface area contributed by atoms with Crippen molar-refractivity contribution in [2.24, 2.45) is 0 Å². The third-order valence-electron chi connectivity index (χ3n) is 4.25. The van der Waals surface area contributed by atoms with Crippen molar-refractivity contribution in [3.05, 3.63) is 86.5 Å². The molecule has 8 nitrogen and oxygen atoms in total. The number of carbonyl (C=O) groups excluding carboxylic acids is 1. The van der Waals surface area contributed by atoms with Crippen LogP contribution in [0.2, 0.25) is 0 Å². The third kappa shape index (κ3) is 4.12. The smallest absolute Gasteiger partial charge is 0.293 e. The molecule has 1 aromatic heterocycles. The van der Waals surface area contributed by atoms with Gasteiger partial charge in [-0.15, -0.1) is 0 Å². The SMILES string of the molecule is Cc1ccc(-c2cc(=O)n(CC(=O)Nc3c(C)cccc3[N+](=O)[O-])cn2)cc1. The summed E-state index contributed by atoms with van der Waals surface area (Å²) in [7, 11) is 0. The van der Waals surface area contributed by atoms with E-state index >= 15 is 0 Å². The van der Waals surface area contributed by atoms with Gasteiger partial charge in [-0.3, -0.25) is 24.3 Å². The Kier molecular flexibility index (Phi) is 5.30. The van der Waals surface area contributed by atoms with Crippen LogP contribution < -0.4 is 10.9 Å². The summed E-state index contributed by atoms with van der Waals surface area (Å²) in [4.78, 5) is 39.5. The molecule has 0 bridgehead atoms. The number of nitrogens with one attached hydrogen (secondary N) is 1. The molecule has 8 heteroatoms. The number of para-hydroxylation sites is 1. The van der Waals surface area contributed by atoms with E-state index in [0.717, 1.165) is 15.7 Å². The summed E-state index contributed by atoms with van der Waals surface area (Å²) in [6.45, 7) is 3.32. The van der Waals surface area contributed by atoms with Crippen LogP contribution in [0, 0.1) is 24.0 Å². The largest absolute Gasteiger partial charge is 0.319 e. The molecule has 1 heterocycles. The molecule has 0 aliphatic carbocycles. The molecule has 0 saturated carbocycles. The standard InChI is InChI=1S/C20H18N4O4/c1-13-6-8-15(9-7-13)16-10-19(26)23(12-21-16)11-18(25)22-20-14(2)4-3-5-17(20)24(27)28/h3-10,12H,11H2,1-2H3,(H,22,25). The Bertz CT molecular complexity index is 1100. The second-order valence-corrected chi connectivity index (χ2v) is 6.38. The van der Waals surface area contributed by atoms with Gasteiger partial charge in [0.1, 0.15) is 12.2 Å². The van der Waals surface area contributed by atoms with E-state index in [9.17, 15) is 19.7 Å². The minimum absolute atomic E-state index is 0.120. The quantitative estimate of drug-likeness (QED) is 0.542. The molecule has 28 heavy (non-hydrogen) atoms. The van der Waals surface area contributed by atoms with Crippen LogP contribution >= 0.6 is 0 Å². The molecule has 142 valence electrons. The maximum atomic E-state index is 12.3. The maximum absolute atomic E-state index is 12.3. The number of hydrogen-bond acceptors (Lipinski definition) is 5. The number of anilines is 1. The Balaban J connectivity index is 1.79. The predicted molar refractivity (Wildman–Crippen MR) is 105 cm³/mol. The van der Waals surface area contributed by atoms with Gasteiger partial charge in [0.2, 0.25) is 5.91 Å². The fourth-order valence-electron chi connectivity index (χ4n) is 2.73. The van der Waals surface area contributed by atoms with E-state index in [1.54, 1.807) is 19.1 Å². The van der Waals surface area contributed by atoms with Crippen LogP contribution in [-0.2, 0) is 11.3 Å². The van der Waals surface area contributed by atoms with E-state index in [1.807, 2.05) is 31.2 Å². The Hall–Kier alpha value is -3.81. The molecular weight excluding hydrogens is 360 g/mol. The highest BCUT2D eigenvalue weighted by Gasteiger charge is 2.18. The zero-order valence-electron chi connectivity index (χ0n) is 15.4. The first-order valence-electron chi connectivity index (χ1n) is 8.52. The lowest BCUT2D eigenvalue weighted by molar-refractivity contribution is -0.384. The number of nitro benzene ring substituents is 1. The monoisotopic (exact) mass is 378 g/mol. The summed E-state index contributed by atoms with van der Waals surface area (Å²) < 4.78 is 1.15. The van der Waals surface area contributed by atoms with Crippen LogP contribution in [0.1, 0.15) is 11.1 Å². The van der Waals surface area contributed by atoms with Gasteiger partial charge < -0.3 is 5.32 Å². The number of aryl methyl sites for hydroxylation is 2. The second-order valence-electron chi connectivity index (χ2n) is 6.38. The molecule has 0 spiro atoms. The number of aromatic nitrogens is 2. The fourth-order valence-corrected chi connectivity index (χ4v) is 2.73. The van der Waals surface area contributed by atoms with Gasteiger partial charge >= 0.3 is 0 Å². The lowest BCUT2D eigenvalue weighted by Crippen LogP contribution is -2.27. The molecule has 0 atom stereocenters. The average molecular weight is 378 g/mol. The van der Waals surface area contributed by atoms with Gasteiger partial charge in [0, 0.05) is 17.7 Å². The van der Waals surface area contributed by atoms with Crippen LogP contribution in [0.3, 0.4) is 0 Å².